The quantitative estimate of drug-likeness (QED) is 0.204. The van der Waals surface area contributed by atoms with Gasteiger partial charge in [-0.25, -0.2) is 4.79 Å². The fourth-order valence-corrected chi connectivity index (χ4v) is 52.1. The molecule has 15 nitrogen and oxygen atoms in total. The lowest BCUT2D eigenvalue weighted by molar-refractivity contribution is -0.146. The molecule has 0 spiro atoms. The van der Waals surface area contributed by atoms with E-state index in [2.05, 4.69) is 13.8 Å². The van der Waals surface area contributed by atoms with Crippen LogP contribution in [0.25, 0.3) is 0 Å². The molecule has 8 bridgehead atoms. The Hall–Kier alpha value is -0.255. The average Bonchev–Trinajstić information content (AvgIpc) is 2.83. The molecule has 0 saturated carbocycles. The van der Waals surface area contributed by atoms with Crippen LogP contribution in [0, 0.1) is 0 Å². The van der Waals surface area contributed by atoms with Crippen molar-refractivity contribution < 1.29 is 63.7 Å². The highest BCUT2D eigenvalue weighted by Gasteiger charge is 2.78. The topological polar surface area (TPSA) is 146 Å². The Labute approximate surface area is 272 Å². The smallest absolute Gasteiger partial charge is 0.478 e. The van der Waals surface area contributed by atoms with Crippen molar-refractivity contribution in [2.75, 3.05) is 13.2 Å². The van der Waals surface area contributed by atoms with Crippen molar-refractivity contribution >= 4 is 76.4 Å². The first-order chi connectivity index (χ1) is 20.8. The summed E-state index contributed by atoms with van der Waals surface area (Å²) in [4.78, 5) is 12.5. The Balaban J connectivity index is 1.19. The number of benzene rings is 1. The molecule has 0 amide bonds. The van der Waals surface area contributed by atoms with Gasteiger partial charge in [0.2, 0.25) is 0 Å². The summed E-state index contributed by atoms with van der Waals surface area (Å²) in [6.45, 7) is 16.2. The minimum absolute atomic E-state index is 0.0601. The van der Waals surface area contributed by atoms with Gasteiger partial charge in [-0.05, 0) is 36.5 Å². The van der Waals surface area contributed by atoms with Crippen LogP contribution in [-0.2, 0) is 58.9 Å². The van der Waals surface area contributed by atoms with Gasteiger partial charge >= 0.3 is 76.4 Å². The molecule has 6 aliphatic rings. The molecule has 6 saturated heterocycles. The number of hydrogen-bond donors (Lipinski definition) is 0. The molecule has 1 atom stereocenters. The predicted octanol–water partition coefficient (Wildman–Crippen LogP) is 3.70. The fourth-order valence-electron chi connectivity index (χ4n) is 6.32. The highest BCUT2D eigenvalue weighted by molar-refractivity contribution is 7.02. The Morgan fingerprint density at radius 1 is 0.644 bits per heavy atom. The minimum Gasteiger partial charge on any atom is -0.482 e. The van der Waals surface area contributed by atoms with Crippen LogP contribution in [0.5, 0.6) is 5.75 Å². The third-order valence-electron chi connectivity index (χ3n) is 7.67. The van der Waals surface area contributed by atoms with Crippen LogP contribution >= 0.6 is 0 Å². The van der Waals surface area contributed by atoms with E-state index in [-0.39, 0.29) is 19.3 Å². The zero-order valence-electron chi connectivity index (χ0n) is 27.0. The molecule has 1 aromatic carbocycles. The SMILES string of the molecule is CCC(C)c1ccc(OCC(=O)OCCC[Si]23O[Si]4(C)O[Si]5(C)O[Si]6(C)O[Si](C)(O4)O[Si](C)(O[Si](C)(O6)O[Si](C)(O5)O2)O3)cc1. The summed E-state index contributed by atoms with van der Waals surface area (Å²) >= 11 is 0. The maximum absolute atomic E-state index is 12.5. The van der Waals surface area contributed by atoms with Crippen molar-refractivity contribution in [2.24, 2.45) is 0 Å². The summed E-state index contributed by atoms with van der Waals surface area (Å²) in [6.07, 6.45) is 1.37. The van der Waals surface area contributed by atoms with Crippen LogP contribution in [0.3, 0.4) is 0 Å². The lowest BCUT2D eigenvalue weighted by Crippen LogP contribution is -2.86. The van der Waals surface area contributed by atoms with Gasteiger partial charge < -0.3 is 58.9 Å². The van der Waals surface area contributed by atoms with Crippen molar-refractivity contribution in [3.63, 3.8) is 0 Å². The second kappa shape index (κ2) is 11.7. The molecule has 0 radical (unpaired) electrons. The molecular formula is C22H42O15Si8. The van der Waals surface area contributed by atoms with Gasteiger partial charge in [-0.15, -0.1) is 0 Å². The van der Waals surface area contributed by atoms with Crippen LogP contribution in [0.4, 0.5) is 0 Å². The van der Waals surface area contributed by atoms with E-state index >= 15 is 0 Å². The lowest BCUT2D eigenvalue weighted by Gasteiger charge is -2.60. The molecule has 0 N–H and O–H groups in total. The second-order valence-corrected chi connectivity index (χ2v) is 36.2. The van der Waals surface area contributed by atoms with E-state index in [1.54, 1.807) is 45.8 Å². The first-order valence-electron chi connectivity index (χ1n) is 15.1. The minimum atomic E-state index is -3.83. The standard InChI is InChI=1S/C22H42O15Si8/c1-10-19(2)20-12-14-21(15-13-20)25-18-22(23)24-16-11-17-45-35-42(7)29-39(4)26-38(3)27-40(5,31-42)33-44(9,37-45)34-41(6,28-38)32-43(8,30-39)36-45/h12-15,19H,10-11,16-18H2,1-9H3. The number of esters is 1. The van der Waals surface area contributed by atoms with Gasteiger partial charge in [0.25, 0.3) is 0 Å². The normalized spacial score (nSPS) is 46.0. The highest BCUT2D eigenvalue weighted by Crippen LogP contribution is 2.48. The van der Waals surface area contributed by atoms with Crippen molar-refractivity contribution in [3.8, 4) is 5.75 Å². The largest absolute Gasteiger partial charge is 0.482 e. The molecule has 6 fully saturated rings. The monoisotopic (exact) mass is 770 g/mol. The average molecular weight is 771 g/mol. The third-order valence-corrected chi connectivity index (χ3v) is 43.5. The van der Waals surface area contributed by atoms with Crippen LogP contribution < -0.4 is 4.74 Å². The second-order valence-electron chi connectivity index (χ2n) is 12.4. The molecule has 0 aromatic heterocycles. The summed E-state index contributed by atoms with van der Waals surface area (Å²) in [7, 11) is -29.1. The molecule has 1 unspecified atom stereocenters. The third kappa shape index (κ3) is 7.51. The molecule has 0 aliphatic carbocycles. The van der Waals surface area contributed by atoms with Crippen LogP contribution in [0.1, 0.15) is 38.2 Å². The van der Waals surface area contributed by atoms with E-state index in [1.165, 1.54) is 5.56 Å². The number of carbonyl (C=O) groups excluding carboxylic acids is 1. The summed E-state index contributed by atoms with van der Waals surface area (Å²) < 4.78 is 90.6. The number of rotatable bonds is 9. The predicted molar refractivity (Wildman–Crippen MR) is 171 cm³/mol. The highest BCUT2D eigenvalue weighted by atomic mass is 28.6. The van der Waals surface area contributed by atoms with Gasteiger partial charge in [0.1, 0.15) is 5.75 Å². The van der Waals surface area contributed by atoms with Crippen molar-refractivity contribution in [1.29, 1.82) is 0 Å². The van der Waals surface area contributed by atoms with E-state index in [0.717, 1.165) is 6.42 Å². The van der Waals surface area contributed by atoms with Crippen LogP contribution in [0.15, 0.2) is 24.3 Å². The Kier molecular flexibility index (Phi) is 8.98. The zero-order valence-corrected chi connectivity index (χ0v) is 35.0. The van der Waals surface area contributed by atoms with E-state index in [0.29, 0.717) is 18.1 Å². The zero-order chi connectivity index (χ0) is 32.6. The van der Waals surface area contributed by atoms with Crippen molar-refractivity contribution in [1.82, 2.24) is 0 Å². The molecule has 6 aliphatic heterocycles. The van der Waals surface area contributed by atoms with E-state index in [1.807, 2.05) is 24.3 Å². The molecule has 252 valence electrons. The first kappa shape index (κ1) is 34.6. The molecule has 7 rings (SSSR count). The first-order valence-corrected chi connectivity index (χ1v) is 32.6. The van der Waals surface area contributed by atoms with Crippen molar-refractivity contribution in [3.05, 3.63) is 29.8 Å². The Bertz CT molecular complexity index is 1200. The summed E-state index contributed by atoms with van der Waals surface area (Å²) in [5, 5.41) is 0. The molecule has 23 heteroatoms. The molecule has 6 heterocycles. The maximum Gasteiger partial charge on any atom is 0.478 e. The molecular weight excluding hydrogens is 729 g/mol. The number of hydrogen-bond acceptors (Lipinski definition) is 15. The van der Waals surface area contributed by atoms with Gasteiger partial charge in [0.05, 0.1) is 6.61 Å². The summed E-state index contributed by atoms with van der Waals surface area (Å²) in [6, 6.07) is 7.94. The number of carbonyl (C=O) groups is 1. The lowest BCUT2D eigenvalue weighted by atomic mass is 9.99. The Morgan fingerprint density at radius 2 is 1.02 bits per heavy atom. The summed E-state index contributed by atoms with van der Waals surface area (Å²) in [5.41, 5.74) is 1.22. The van der Waals surface area contributed by atoms with Gasteiger partial charge in [-0.2, -0.15) is 0 Å². The molecule has 1 aromatic rings. The van der Waals surface area contributed by atoms with Crippen LogP contribution in [-0.4, -0.2) is 89.6 Å². The van der Waals surface area contributed by atoms with E-state index in [4.69, 9.17) is 58.9 Å². The maximum atomic E-state index is 12.5. The van der Waals surface area contributed by atoms with E-state index < -0.39 is 76.4 Å². The van der Waals surface area contributed by atoms with E-state index in [9.17, 15) is 4.79 Å². The van der Waals surface area contributed by atoms with Crippen LogP contribution in [0.2, 0.25) is 51.9 Å². The van der Waals surface area contributed by atoms with Gasteiger partial charge in [0, 0.05) is 51.9 Å². The van der Waals surface area contributed by atoms with Gasteiger partial charge in [-0.3, -0.25) is 0 Å². The Morgan fingerprint density at radius 3 is 1.40 bits per heavy atom. The summed E-state index contributed by atoms with van der Waals surface area (Å²) in [5.74, 6) is 0.547. The molecule has 45 heavy (non-hydrogen) atoms. The van der Waals surface area contributed by atoms with Gasteiger partial charge in [-0.1, -0.05) is 26.0 Å². The van der Waals surface area contributed by atoms with Gasteiger partial charge in [0.15, 0.2) is 6.61 Å². The fraction of sp³-hybridized carbons (Fsp3) is 0.682. The number of ether oxygens (including phenoxy) is 2. The van der Waals surface area contributed by atoms with Crippen molar-refractivity contribution in [2.45, 2.75) is 84.5 Å².